The minimum Gasteiger partial charge on any atom is -0.347 e. The Labute approximate surface area is 136 Å². The van der Waals surface area contributed by atoms with E-state index in [-0.39, 0.29) is 16.5 Å². The topological polar surface area (TPSA) is 29.1 Å². The first-order valence-corrected chi connectivity index (χ1v) is 10.8. The molecule has 1 amide bonds. The summed E-state index contributed by atoms with van der Waals surface area (Å²) in [7, 11) is -1.58. The zero-order valence-electron chi connectivity index (χ0n) is 15.2. The van der Waals surface area contributed by atoms with Crippen LogP contribution in [0.5, 0.6) is 0 Å². The van der Waals surface area contributed by atoms with Crippen molar-refractivity contribution in [3.8, 4) is 11.5 Å². The average Bonchev–Trinajstić information content (AvgIpc) is 2.34. The molecule has 1 N–H and O–H groups in total. The van der Waals surface area contributed by atoms with Gasteiger partial charge in [0.1, 0.15) is 8.07 Å². The molecule has 0 fully saturated rings. The van der Waals surface area contributed by atoms with Crippen LogP contribution in [0.25, 0.3) is 0 Å². The summed E-state index contributed by atoms with van der Waals surface area (Å²) in [6, 6.07) is 8.18. The van der Waals surface area contributed by atoms with E-state index in [0.29, 0.717) is 0 Å². The van der Waals surface area contributed by atoms with Crippen molar-refractivity contribution in [2.45, 2.75) is 65.2 Å². The number of carbonyl (C=O) groups excluding carboxylic acids is 1. The lowest BCUT2D eigenvalue weighted by atomic mass is 9.93. The summed E-state index contributed by atoms with van der Waals surface area (Å²) in [6.45, 7) is 17.0. The Bertz CT molecular complexity index is 595. The molecule has 0 bridgehead atoms. The smallest absolute Gasteiger partial charge is 0.217 e. The summed E-state index contributed by atoms with van der Waals surface area (Å²) in [6.07, 6.45) is 0. The van der Waals surface area contributed by atoms with Gasteiger partial charge in [-0.05, 0) is 36.6 Å². The van der Waals surface area contributed by atoms with Crippen molar-refractivity contribution < 1.29 is 4.79 Å². The third-order valence-corrected chi connectivity index (χ3v) is 8.99. The molecule has 0 spiro atoms. The molecule has 0 aliphatic heterocycles. The number of carbonyl (C=O) groups is 1. The zero-order chi connectivity index (χ0) is 17.2. The molecule has 0 aromatic heterocycles. The number of amides is 1. The van der Waals surface area contributed by atoms with E-state index in [2.05, 4.69) is 50.6 Å². The third-order valence-electron chi connectivity index (χ3n) is 4.49. The largest absolute Gasteiger partial charge is 0.347 e. The number of rotatable bonds is 2. The summed E-state index contributed by atoms with van der Waals surface area (Å²) in [4.78, 5) is 11.3. The van der Waals surface area contributed by atoms with Gasteiger partial charge in [-0.1, -0.05) is 51.9 Å². The highest BCUT2D eigenvalue weighted by Gasteiger charge is 2.33. The fourth-order valence-electron chi connectivity index (χ4n) is 1.90. The maximum Gasteiger partial charge on any atom is 0.217 e. The van der Waals surface area contributed by atoms with E-state index in [4.69, 9.17) is 0 Å². The second-order valence-corrected chi connectivity index (χ2v) is 13.0. The number of hydrogen-bond acceptors (Lipinski definition) is 1. The van der Waals surface area contributed by atoms with Crippen LogP contribution in [0.3, 0.4) is 0 Å². The van der Waals surface area contributed by atoms with Gasteiger partial charge in [0.05, 0.1) is 5.54 Å². The van der Waals surface area contributed by atoms with Gasteiger partial charge in [0.15, 0.2) is 0 Å². The van der Waals surface area contributed by atoms with Crippen LogP contribution >= 0.6 is 0 Å². The summed E-state index contributed by atoms with van der Waals surface area (Å²) in [5.41, 5.74) is 5.28. The van der Waals surface area contributed by atoms with Gasteiger partial charge in [0.2, 0.25) is 5.91 Å². The van der Waals surface area contributed by atoms with Gasteiger partial charge in [-0.2, -0.15) is 0 Å². The maximum absolute atomic E-state index is 11.3. The molecule has 0 heterocycles. The summed E-state index contributed by atoms with van der Waals surface area (Å²) in [5, 5.41) is 3.23. The van der Waals surface area contributed by atoms with Gasteiger partial charge in [-0.25, -0.2) is 0 Å². The molecule has 0 aliphatic carbocycles. The zero-order valence-corrected chi connectivity index (χ0v) is 16.2. The maximum atomic E-state index is 11.3. The quantitative estimate of drug-likeness (QED) is 0.634. The summed E-state index contributed by atoms with van der Waals surface area (Å²) >= 11 is 0. The predicted molar refractivity (Wildman–Crippen MR) is 97.4 cm³/mol. The molecule has 22 heavy (non-hydrogen) atoms. The van der Waals surface area contributed by atoms with E-state index in [1.165, 1.54) is 0 Å². The van der Waals surface area contributed by atoms with E-state index in [9.17, 15) is 4.79 Å². The normalized spacial score (nSPS) is 12.4. The SMILES string of the molecule is CC(=O)NC(C)(C)c1ccc(C#C[Si](C)(C)C(C)(C)C)cc1. The molecule has 2 nitrogen and oxygen atoms in total. The van der Waals surface area contributed by atoms with E-state index in [1.807, 2.05) is 38.1 Å². The Balaban J connectivity index is 2.99. The van der Waals surface area contributed by atoms with Crippen molar-refractivity contribution >= 4 is 14.0 Å². The van der Waals surface area contributed by atoms with E-state index in [1.54, 1.807) is 6.92 Å². The van der Waals surface area contributed by atoms with Gasteiger partial charge in [-0.3, -0.25) is 4.79 Å². The van der Waals surface area contributed by atoms with Crippen LogP contribution in [0.1, 0.15) is 52.7 Å². The van der Waals surface area contributed by atoms with Crippen LogP contribution in [0, 0.1) is 11.5 Å². The molecule has 1 aromatic rings. The Morgan fingerprint density at radius 2 is 1.55 bits per heavy atom. The number of nitrogens with one attached hydrogen (secondary N) is 1. The lowest BCUT2D eigenvalue weighted by molar-refractivity contribution is -0.120. The molecule has 0 unspecified atom stereocenters. The number of benzene rings is 1. The highest BCUT2D eigenvalue weighted by Crippen LogP contribution is 2.35. The first kappa shape index (κ1) is 18.5. The summed E-state index contributed by atoms with van der Waals surface area (Å²) < 4.78 is 0. The first-order valence-electron chi connectivity index (χ1n) is 7.78. The van der Waals surface area contributed by atoms with Gasteiger partial charge in [0, 0.05) is 12.5 Å². The van der Waals surface area contributed by atoms with Gasteiger partial charge in [0.25, 0.3) is 0 Å². The fourth-order valence-corrected chi connectivity index (χ4v) is 2.73. The molecular weight excluding hydrogens is 286 g/mol. The number of hydrogen-bond donors (Lipinski definition) is 1. The average molecular weight is 316 g/mol. The molecule has 3 heteroatoms. The van der Waals surface area contributed by atoms with E-state index < -0.39 is 8.07 Å². The minimum absolute atomic E-state index is 0.0215. The molecule has 1 aromatic carbocycles. The van der Waals surface area contributed by atoms with Crippen LogP contribution in [0.15, 0.2) is 24.3 Å². The van der Waals surface area contributed by atoms with Crippen LogP contribution in [-0.2, 0) is 10.3 Å². The molecule has 1 rings (SSSR count). The van der Waals surface area contributed by atoms with Gasteiger partial charge < -0.3 is 5.32 Å². The molecule has 0 radical (unpaired) electrons. The van der Waals surface area contributed by atoms with Crippen molar-refractivity contribution in [1.29, 1.82) is 0 Å². The lowest BCUT2D eigenvalue weighted by Crippen LogP contribution is -2.39. The molecular formula is C19H29NOSi. The third kappa shape index (κ3) is 4.74. The lowest BCUT2D eigenvalue weighted by Gasteiger charge is -2.31. The standard InChI is InChI=1S/C19H29NOSi/c1-15(21)20-19(5,6)17-11-9-16(10-12-17)13-14-22(7,8)18(2,3)4/h9-12H,1-8H3,(H,20,21). The van der Waals surface area contributed by atoms with Gasteiger partial charge in [-0.15, -0.1) is 5.54 Å². The Morgan fingerprint density at radius 3 is 1.95 bits per heavy atom. The van der Waals surface area contributed by atoms with E-state index in [0.717, 1.165) is 11.1 Å². The Kier molecular flexibility index (Phi) is 5.30. The van der Waals surface area contributed by atoms with E-state index >= 15 is 0 Å². The van der Waals surface area contributed by atoms with Crippen LogP contribution in [0.2, 0.25) is 18.1 Å². The minimum atomic E-state index is -1.58. The molecule has 0 saturated heterocycles. The highest BCUT2D eigenvalue weighted by atomic mass is 28.3. The van der Waals surface area contributed by atoms with Crippen molar-refractivity contribution in [2.75, 3.05) is 0 Å². The molecule has 120 valence electrons. The molecule has 0 aliphatic rings. The molecule has 0 saturated carbocycles. The monoisotopic (exact) mass is 315 g/mol. The van der Waals surface area contributed by atoms with Crippen molar-refractivity contribution in [3.63, 3.8) is 0 Å². The Hall–Kier alpha value is -1.53. The predicted octanol–water partition coefficient (Wildman–Crippen LogP) is 4.46. The van der Waals surface area contributed by atoms with Crippen LogP contribution < -0.4 is 5.32 Å². The van der Waals surface area contributed by atoms with Crippen molar-refractivity contribution in [1.82, 2.24) is 5.32 Å². The summed E-state index contributed by atoms with van der Waals surface area (Å²) in [5.74, 6) is 3.31. The van der Waals surface area contributed by atoms with Crippen molar-refractivity contribution in [2.24, 2.45) is 0 Å². The Morgan fingerprint density at radius 1 is 1.05 bits per heavy atom. The highest BCUT2D eigenvalue weighted by molar-refractivity contribution is 6.87. The fraction of sp³-hybridized carbons (Fsp3) is 0.526. The van der Waals surface area contributed by atoms with Crippen molar-refractivity contribution in [3.05, 3.63) is 35.4 Å². The first-order chi connectivity index (χ1) is 9.85. The van der Waals surface area contributed by atoms with Crippen LogP contribution in [0.4, 0.5) is 0 Å². The second kappa shape index (κ2) is 6.30. The van der Waals surface area contributed by atoms with Gasteiger partial charge >= 0.3 is 0 Å². The second-order valence-electron chi connectivity index (χ2n) is 8.01. The van der Waals surface area contributed by atoms with Crippen LogP contribution in [-0.4, -0.2) is 14.0 Å². The molecule has 0 atom stereocenters.